The molecule has 1 aromatic rings. The van der Waals surface area contributed by atoms with Crippen LogP contribution in [0.3, 0.4) is 0 Å². The standard InChI is InChI=1S/C14H19NO4/c1-9(2)12(14(17)19-4)15-13(16)10-5-7-11(18-3)8-6-10/h5-9,12H,1-4H3,(H,15,16)/t12-/m0/s1. The first-order chi connectivity index (χ1) is 8.99. The number of esters is 1. The van der Waals surface area contributed by atoms with Crippen molar-refractivity contribution in [1.82, 2.24) is 5.32 Å². The molecule has 1 atom stereocenters. The van der Waals surface area contributed by atoms with Gasteiger partial charge >= 0.3 is 5.97 Å². The summed E-state index contributed by atoms with van der Waals surface area (Å²) in [5.41, 5.74) is 0.468. The highest BCUT2D eigenvalue weighted by Crippen LogP contribution is 2.12. The van der Waals surface area contributed by atoms with E-state index >= 15 is 0 Å². The molecule has 0 saturated carbocycles. The highest BCUT2D eigenvalue weighted by molar-refractivity contribution is 5.96. The minimum atomic E-state index is -0.653. The van der Waals surface area contributed by atoms with Gasteiger partial charge in [0, 0.05) is 5.56 Å². The molecular formula is C14H19NO4. The second-order valence-corrected chi connectivity index (χ2v) is 4.45. The van der Waals surface area contributed by atoms with Gasteiger partial charge in [-0.15, -0.1) is 0 Å². The van der Waals surface area contributed by atoms with E-state index in [9.17, 15) is 9.59 Å². The fraction of sp³-hybridized carbons (Fsp3) is 0.429. The van der Waals surface area contributed by atoms with Crippen LogP contribution in [0.2, 0.25) is 0 Å². The van der Waals surface area contributed by atoms with E-state index in [1.54, 1.807) is 31.4 Å². The van der Waals surface area contributed by atoms with Crippen molar-refractivity contribution in [3.63, 3.8) is 0 Å². The van der Waals surface area contributed by atoms with Crippen molar-refractivity contribution in [2.75, 3.05) is 14.2 Å². The third-order valence-electron chi connectivity index (χ3n) is 2.76. The fourth-order valence-corrected chi connectivity index (χ4v) is 1.59. The molecule has 0 aliphatic heterocycles. The highest BCUT2D eigenvalue weighted by Gasteiger charge is 2.25. The van der Waals surface area contributed by atoms with Gasteiger partial charge in [0.2, 0.25) is 0 Å². The van der Waals surface area contributed by atoms with Gasteiger partial charge in [0.25, 0.3) is 5.91 Å². The van der Waals surface area contributed by atoms with Gasteiger partial charge in [-0.05, 0) is 30.2 Å². The Morgan fingerprint density at radius 3 is 2.11 bits per heavy atom. The summed E-state index contributed by atoms with van der Waals surface area (Å²) >= 11 is 0. The summed E-state index contributed by atoms with van der Waals surface area (Å²) in [7, 11) is 2.86. The summed E-state index contributed by atoms with van der Waals surface area (Å²) in [5, 5.41) is 2.67. The van der Waals surface area contributed by atoms with Crippen molar-refractivity contribution >= 4 is 11.9 Å². The number of methoxy groups -OCH3 is 2. The van der Waals surface area contributed by atoms with Crippen LogP contribution in [0.15, 0.2) is 24.3 Å². The fourth-order valence-electron chi connectivity index (χ4n) is 1.59. The molecule has 0 heterocycles. The largest absolute Gasteiger partial charge is 0.497 e. The number of ether oxygens (including phenoxy) is 2. The minimum Gasteiger partial charge on any atom is -0.497 e. The number of nitrogens with one attached hydrogen (secondary N) is 1. The van der Waals surface area contributed by atoms with Crippen LogP contribution < -0.4 is 10.1 Å². The van der Waals surface area contributed by atoms with E-state index in [4.69, 9.17) is 4.74 Å². The molecule has 0 spiro atoms. The molecule has 0 radical (unpaired) electrons. The maximum Gasteiger partial charge on any atom is 0.328 e. The van der Waals surface area contributed by atoms with E-state index in [2.05, 4.69) is 10.1 Å². The van der Waals surface area contributed by atoms with Crippen LogP contribution in [-0.4, -0.2) is 32.1 Å². The first-order valence-corrected chi connectivity index (χ1v) is 6.02. The third kappa shape index (κ3) is 3.98. The van der Waals surface area contributed by atoms with Crippen molar-refractivity contribution in [2.24, 2.45) is 5.92 Å². The number of carbonyl (C=O) groups excluding carboxylic acids is 2. The molecule has 1 N–H and O–H groups in total. The van der Waals surface area contributed by atoms with Crippen LogP contribution in [0.1, 0.15) is 24.2 Å². The Hall–Kier alpha value is -2.04. The molecular weight excluding hydrogens is 246 g/mol. The molecule has 1 amide bonds. The Morgan fingerprint density at radius 2 is 1.68 bits per heavy atom. The van der Waals surface area contributed by atoms with Gasteiger partial charge in [-0.25, -0.2) is 4.79 Å². The second kappa shape index (κ2) is 6.78. The number of hydrogen-bond acceptors (Lipinski definition) is 4. The lowest BCUT2D eigenvalue weighted by Gasteiger charge is -2.19. The van der Waals surface area contributed by atoms with E-state index in [0.717, 1.165) is 0 Å². The van der Waals surface area contributed by atoms with Crippen LogP contribution in [-0.2, 0) is 9.53 Å². The maximum atomic E-state index is 12.0. The molecule has 1 aromatic carbocycles. The zero-order valence-corrected chi connectivity index (χ0v) is 11.6. The Balaban J connectivity index is 2.78. The Morgan fingerprint density at radius 1 is 1.11 bits per heavy atom. The van der Waals surface area contributed by atoms with Gasteiger partial charge < -0.3 is 14.8 Å². The first kappa shape index (κ1) is 15.0. The molecule has 5 heteroatoms. The lowest BCUT2D eigenvalue weighted by Crippen LogP contribution is -2.45. The van der Waals surface area contributed by atoms with Gasteiger partial charge in [0.05, 0.1) is 14.2 Å². The summed E-state index contributed by atoms with van der Waals surface area (Å²) < 4.78 is 9.69. The number of amides is 1. The van der Waals surface area contributed by atoms with E-state index in [1.165, 1.54) is 7.11 Å². The molecule has 1 rings (SSSR count). The van der Waals surface area contributed by atoms with Crippen molar-refractivity contribution in [3.8, 4) is 5.75 Å². The zero-order valence-electron chi connectivity index (χ0n) is 11.6. The van der Waals surface area contributed by atoms with E-state index in [-0.39, 0.29) is 11.8 Å². The van der Waals surface area contributed by atoms with Gasteiger partial charge in [0.1, 0.15) is 11.8 Å². The monoisotopic (exact) mass is 265 g/mol. The second-order valence-electron chi connectivity index (χ2n) is 4.45. The molecule has 0 saturated heterocycles. The molecule has 19 heavy (non-hydrogen) atoms. The summed E-state index contributed by atoms with van der Waals surface area (Å²) in [6.45, 7) is 3.69. The molecule has 5 nitrogen and oxygen atoms in total. The Labute approximate surface area is 112 Å². The first-order valence-electron chi connectivity index (χ1n) is 6.02. The number of hydrogen-bond donors (Lipinski definition) is 1. The predicted octanol–water partition coefficient (Wildman–Crippen LogP) is 1.62. The summed E-state index contributed by atoms with van der Waals surface area (Å²) in [6.07, 6.45) is 0. The quantitative estimate of drug-likeness (QED) is 0.822. The average Bonchev–Trinajstić information content (AvgIpc) is 2.43. The highest BCUT2D eigenvalue weighted by atomic mass is 16.5. The topological polar surface area (TPSA) is 64.6 Å². The van der Waals surface area contributed by atoms with Gasteiger partial charge in [-0.3, -0.25) is 4.79 Å². The van der Waals surface area contributed by atoms with Gasteiger partial charge in [0.15, 0.2) is 0 Å². The summed E-state index contributed by atoms with van der Waals surface area (Å²) in [6, 6.07) is 6.01. The normalized spacial score (nSPS) is 11.8. The molecule has 0 aliphatic carbocycles. The molecule has 0 bridgehead atoms. The lowest BCUT2D eigenvalue weighted by molar-refractivity contribution is -0.144. The Bertz CT molecular complexity index is 439. The van der Waals surface area contributed by atoms with E-state index in [1.807, 2.05) is 13.8 Å². The molecule has 0 unspecified atom stereocenters. The number of benzene rings is 1. The summed E-state index contributed by atoms with van der Waals surface area (Å²) in [4.78, 5) is 23.6. The van der Waals surface area contributed by atoms with Crippen LogP contribution >= 0.6 is 0 Å². The number of rotatable bonds is 5. The van der Waals surface area contributed by atoms with E-state index in [0.29, 0.717) is 11.3 Å². The Kier molecular flexibility index (Phi) is 5.36. The van der Waals surface area contributed by atoms with Crippen LogP contribution in [0, 0.1) is 5.92 Å². The minimum absolute atomic E-state index is 0.0466. The van der Waals surface area contributed by atoms with Crippen LogP contribution in [0.25, 0.3) is 0 Å². The van der Waals surface area contributed by atoms with Gasteiger partial charge in [-0.2, -0.15) is 0 Å². The number of carbonyl (C=O) groups is 2. The molecule has 104 valence electrons. The SMILES string of the molecule is COC(=O)[C@@H](NC(=O)c1ccc(OC)cc1)C(C)C. The molecule has 0 fully saturated rings. The van der Waals surface area contributed by atoms with Gasteiger partial charge in [-0.1, -0.05) is 13.8 Å². The smallest absolute Gasteiger partial charge is 0.328 e. The maximum absolute atomic E-state index is 12.0. The van der Waals surface area contributed by atoms with E-state index < -0.39 is 12.0 Å². The lowest BCUT2D eigenvalue weighted by atomic mass is 10.0. The van der Waals surface area contributed by atoms with Crippen molar-refractivity contribution in [1.29, 1.82) is 0 Å². The molecule has 0 aromatic heterocycles. The van der Waals surface area contributed by atoms with Crippen LogP contribution in [0.5, 0.6) is 5.75 Å². The van der Waals surface area contributed by atoms with Crippen molar-refractivity contribution in [2.45, 2.75) is 19.9 Å². The zero-order chi connectivity index (χ0) is 14.4. The van der Waals surface area contributed by atoms with Crippen molar-refractivity contribution in [3.05, 3.63) is 29.8 Å². The van der Waals surface area contributed by atoms with Crippen molar-refractivity contribution < 1.29 is 19.1 Å². The average molecular weight is 265 g/mol. The third-order valence-corrected chi connectivity index (χ3v) is 2.76. The predicted molar refractivity (Wildman–Crippen MR) is 71.1 cm³/mol. The summed E-state index contributed by atoms with van der Waals surface area (Å²) in [5.74, 6) is -0.136. The van der Waals surface area contributed by atoms with Crippen LogP contribution in [0.4, 0.5) is 0 Å². The molecule has 0 aliphatic rings.